The van der Waals surface area contributed by atoms with E-state index in [9.17, 15) is 5.11 Å². The van der Waals surface area contributed by atoms with Crippen molar-refractivity contribution in [3.05, 3.63) is 66.4 Å². The zero-order valence-corrected chi connectivity index (χ0v) is 13.7. The summed E-state index contributed by atoms with van der Waals surface area (Å²) in [4.78, 5) is 0. The minimum atomic E-state index is -0.888. The van der Waals surface area contributed by atoms with Crippen LogP contribution in [0.25, 0.3) is 11.0 Å². The van der Waals surface area contributed by atoms with Crippen LogP contribution in [0.1, 0.15) is 18.6 Å². The number of rotatable bonds is 4. The number of fused-ring (bicyclic) bond motifs is 1. The normalized spacial score (nSPS) is 11.2. The minimum Gasteiger partial charge on any atom is -0.390 e. The predicted molar refractivity (Wildman–Crippen MR) is 87.0 cm³/mol. The van der Waals surface area contributed by atoms with Crippen LogP contribution in [-0.4, -0.2) is 26.7 Å². The van der Waals surface area contributed by atoms with Crippen LogP contribution >= 0.6 is 0 Å². The van der Waals surface area contributed by atoms with Crippen LogP contribution in [0.4, 0.5) is 0 Å². The Morgan fingerprint density at radius 3 is 2.62 bits per heavy atom. The molecule has 2 aromatic carbocycles. The smallest absolute Gasteiger partial charge is 0.390 e. The van der Waals surface area contributed by atoms with E-state index in [2.05, 4.69) is 22.2 Å². The number of aliphatic hydroxyl groups is 1. The van der Waals surface area contributed by atoms with Gasteiger partial charge in [-0.1, -0.05) is 53.7 Å². The van der Waals surface area contributed by atoms with Crippen LogP contribution in [0.5, 0.6) is 0 Å². The number of ether oxygens (including phenoxy) is 1. The summed E-state index contributed by atoms with van der Waals surface area (Å²) >= 11 is 0. The Labute approximate surface area is 152 Å². The van der Waals surface area contributed by atoms with Crippen molar-refractivity contribution in [1.29, 1.82) is 0 Å². The van der Waals surface area contributed by atoms with Crippen LogP contribution in [-0.2, 0) is 4.74 Å². The van der Waals surface area contributed by atoms with E-state index in [-0.39, 0.29) is 18.9 Å². The van der Waals surface area contributed by atoms with Crippen molar-refractivity contribution in [2.45, 2.75) is 13.0 Å². The molecule has 0 spiro atoms. The third-order valence-electron chi connectivity index (χ3n) is 3.26. The molecule has 0 radical (unpaired) electrons. The molecule has 6 heteroatoms. The zero-order valence-electron chi connectivity index (χ0n) is 13.7. The van der Waals surface area contributed by atoms with E-state index in [0.29, 0.717) is 12.8 Å². The molecule has 1 N–H and O–H groups in total. The number of para-hydroxylation sites is 1. The average molecular weight is 313 g/mol. The van der Waals surface area contributed by atoms with Crippen molar-refractivity contribution in [2.24, 2.45) is 0 Å². The average Bonchev–Trinajstić information content (AvgIpc) is 3.03. The van der Waals surface area contributed by atoms with Gasteiger partial charge in [-0.3, -0.25) is 4.68 Å². The van der Waals surface area contributed by atoms with E-state index >= 15 is 0 Å². The first-order valence-corrected chi connectivity index (χ1v) is 7.34. The topological polar surface area (TPSA) is 60.2 Å². The fourth-order valence-electron chi connectivity index (χ4n) is 2.15. The summed E-state index contributed by atoms with van der Waals surface area (Å²) < 4.78 is 7.12. The maximum atomic E-state index is 10.2. The molecule has 1 heterocycles. The van der Waals surface area contributed by atoms with Gasteiger partial charge in [-0.25, -0.2) is 5.92 Å². The van der Waals surface area contributed by atoms with Gasteiger partial charge in [0.25, 0.3) is 0 Å². The third-order valence-corrected chi connectivity index (χ3v) is 3.26. The van der Waals surface area contributed by atoms with Crippen LogP contribution in [0, 0.1) is 18.1 Å². The second-order valence-corrected chi connectivity index (χ2v) is 4.81. The number of aromatic nitrogens is 3. The Kier molecular flexibility index (Phi) is 6.49. The summed E-state index contributed by atoms with van der Waals surface area (Å²) in [5.41, 5.74) is 2.30. The Bertz CT molecular complexity index is 839. The molecule has 3 rings (SSSR count). The summed E-state index contributed by atoms with van der Waals surface area (Å²) in [5.74, 6) is 5.66. The SMILES string of the molecule is CCO[C-](C#CC(O)c1ccccc1)n1nnc2ccccc21.[Li+]. The van der Waals surface area contributed by atoms with Gasteiger partial charge in [-0.15, -0.1) is 5.10 Å². The number of benzene rings is 2. The molecule has 0 aliphatic rings. The summed E-state index contributed by atoms with van der Waals surface area (Å²) in [5, 5.41) is 18.3. The molecule has 0 saturated heterocycles. The number of hydrogen-bond donors (Lipinski definition) is 1. The van der Waals surface area contributed by atoms with Crippen molar-refractivity contribution in [3.63, 3.8) is 0 Å². The van der Waals surface area contributed by atoms with E-state index in [0.717, 1.165) is 16.6 Å². The summed E-state index contributed by atoms with van der Waals surface area (Å²) in [6.45, 7) is 2.31. The predicted octanol–water partition coefficient (Wildman–Crippen LogP) is -0.454. The first kappa shape index (κ1) is 18.1. The molecule has 0 amide bonds. The van der Waals surface area contributed by atoms with Crippen molar-refractivity contribution in [2.75, 3.05) is 6.61 Å². The van der Waals surface area contributed by atoms with Gasteiger partial charge in [-0.2, -0.15) is 5.92 Å². The molecule has 3 aromatic rings. The van der Waals surface area contributed by atoms with Gasteiger partial charge in [0, 0.05) is 6.61 Å². The Hall–Kier alpha value is -2.21. The van der Waals surface area contributed by atoms with E-state index < -0.39 is 6.10 Å². The molecule has 0 aliphatic heterocycles. The van der Waals surface area contributed by atoms with Gasteiger partial charge >= 0.3 is 18.9 Å². The third kappa shape index (κ3) is 4.00. The molecule has 116 valence electrons. The van der Waals surface area contributed by atoms with E-state index in [1.54, 1.807) is 4.68 Å². The second kappa shape index (κ2) is 8.59. The van der Waals surface area contributed by atoms with Gasteiger partial charge in [0.1, 0.15) is 6.23 Å². The van der Waals surface area contributed by atoms with Crippen LogP contribution in [0.2, 0.25) is 0 Å². The Morgan fingerprint density at radius 1 is 1.17 bits per heavy atom. The van der Waals surface area contributed by atoms with Crippen molar-refractivity contribution < 1.29 is 28.7 Å². The molecule has 24 heavy (non-hydrogen) atoms. The summed E-state index contributed by atoms with van der Waals surface area (Å²) in [7, 11) is 0. The summed E-state index contributed by atoms with van der Waals surface area (Å²) in [6.07, 6.45) is -0.544. The molecule has 1 aromatic heterocycles. The fourth-order valence-corrected chi connectivity index (χ4v) is 2.15. The molecular weight excluding hydrogens is 297 g/mol. The number of nitrogens with zero attached hydrogens (tertiary/aromatic N) is 3. The van der Waals surface area contributed by atoms with Crippen LogP contribution < -0.4 is 18.9 Å². The molecule has 1 unspecified atom stereocenters. The maximum Gasteiger partial charge on any atom is 1.00 e. The largest absolute Gasteiger partial charge is 1.00 e. The first-order chi connectivity index (χ1) is 11.3. The van der Waals surface area contributed by atoms with Gasteiger partial charge in [0.2, 0.25) is 0 Å². The molecule has 0 aliphatic carbocycles. The molecule has 0 bridgehead atoms. The van der Waals surface area contributed by atoms with Crippen molar-refractivity contribution >= 4 is 11.0 Å². The zero-order chi connectivity index (χ0) is 16.1. The Morgan fingerprint density at radius 2 is 1.88 bits per heavy atom. The standard InChI is InChI=1S/C18H16N3O2.Li/c1-2-23-18(13-12-17(22)14-8-4-3-5-9-14)21-16-11-7-6-10-15(16)19-20-21;/h3-11,17,22H,2H2,1H3;/q-1;+1. The second-order valence-electron chi connectivity index (χ2n) is 4.81. The number of aliphatic hydroxyl groups excluding tert-OH is 1. The van der Waals surface area contributed by atoms with Gasteiger partial charge < -0.3 is 9.84 Å². The maximum absolute atomic E-state index is 10.2. The molecule has 1 atom stereocenters. The minimum absolute atomic E-state index is 0. The summed E-state index contributed by atoms with van der Waals surface area (Å²) in [6, 6.07) is 16.8. The Balaban J connectivity index is 0.00000208. The van der Waals surface area contributed by atoms with Crippen molar-refractivity contribution in [3.8, 4) is 11.8 Å². The molecular formula is C18H16LiN3O2. The van der Waals surface area contributed by atoms with E-state index in [4.69, 9.17) is 4.74 Å². The first-order valence-electron chi connectivity index (χ1n) is 7.34. The van der Waals surface area contributed by atoms with Gasteiger partial charge in [0.15, 0.2) is 0 Å². The van der Waals surface area contributed by atoms with Crippen LogP contribution in [0.3, 0.4) is 0 Å². The number of hydrogen-bond acceptors (Lipinski definition) is 4. The molecule has 0 fully saturated rings. The van der Waals surface area contributed by atoms with Crippen LogP contribution in [0.15, 0.2) is 54.6 Å². The van der Waals surface area contributed by atoms with E-state index in [1.165, 1.54) is 0 Å². The molecule has 0 saturated carbocycles. The fraction of sp³-hybridized carbons (Fsp3) is 0.167. The molecule has 5 nitrogen and oxygen atoms in total. The quantitative estimate of drug-likeness (QED) is 0.402. The monoisotopic (exact) mass is 313 g/mol. The van der Waals surface area contributed by atoms with Crippen molar-refractivity contribution in [1.82, 2.24) is 15.0 Å². The van der Waals surface area contributed by atoms with Gasteiger partial charge in [-0.05, 0) is 24.1 Å². The van der Waals surface area contributed by atoms with E-state index in [1.807, 2.05) is 61.5 Å². The van der Waals surface area contributed by atoms with Gasteiger partial charge in [0.05, 0.1) is 11.6 Å².